The third-order valence-corrected chi connectivity index (χ3v) is 6.76. The van der Waals surface area contributed by atoms with Crippen LogP contribution in [0.1, 0.15) is 34.0 Å². The van der Waals surface area contributed by atoms with Gasteiger partial charge in [-0.25, -0.2) is 5.43 Å². The van der Waals surface area contributed by atoms with Crippen LogP contribution >= 0.6 is 0 Å². The second kappa shape index (κ2) is 12.8. The number of hydrazone groups is 1. The average molecular weight is 545 g/mol. The summed E-state index contributed by atoms with van der Waals surface area (Å²) >= 11 is 0. The van der Waals surface area contributed by atoms with Gasteiger partial charge in [-0.15, -0.1) is 6.58 Å². The van der Waals surface area contributed by atoms with E-state index >= 15 is 0 Å². The molecule has 41 heavy (non-hydrogen) atoms. The molecule has 1 N–H and O–H groups in total. The molecule has 1 amide bonds. The van der Waals surface area contributed by atoms with Crippen LogP contribution in [0.15, 0.2) is 109 Å². The topological polar surface area (TPSA) is 69.2 Å². The number of nitrogens with one attached hydrogen (secondary N) is 1. The molecule has 5 aromatic carbocycles. The maximum atomic E-state index is 13.0. The molecule has 206 valence electrons. The van der Waals surface area contributed by atoms with Crippen molar-refractivity contribution in [2.24, 2.45) is 5.10 Å². The standard InChI is InChI=1S/C35H32N2O4/c1-4-11-28-18-24(22-36-37-35(38)31-20-26-13-6-7-14-27(26)21-32(31)39-3)19-33(40-5-2)34(28)41-23-29-16-10-15-25-12-8-9-17-30(25)29/h4,6-10,12-22H,1,5,11,23H2,2-3H3,(H,37,38)/b36-22-. The molecule has 5 rings (SSSR count). The highest BCUT2D eigenvalue weighted by Crippen LogP contribution is 2.35. The van der Waals surface area contributed by atoms with Gasteiger partial charge in [-0.05, 0) is 70.3 Å². The number of nitrogens with zero attached hydrogens (tertiary/aromatic N) is 1. The predicted octanol–water partition coefficient (Wildman–Crippen LogP) is 7.47. The molecule has 0 bridgehead atoms. The van der Waals surface area contributed by atoms with Crippen molar-refractivity contribution >= 4 is 33.7 Å². The molecular weight excluding hydrogens is 512 g/mol. The maximum Gasteiger partial charge on any atom is 0.275 e. The van der Waals surface area contributed by atoms with E-state index in [1.807, 2.05) is 73.7 Å². The van der Waals surface area contributed by atoms with Gasteiger partial charge in [-0.1, -0.05) is 72.8 Å². The summed E-state index contributed by atoms with van der Waals surface area (Å²) in [7, 11) is 1.55. The Hall–Kier alpha value is -5.10. The predicted molar refractivity (Wildman–Crippen MR) is 165 cm³/mol. The van der Waals surface area contributed by atoms with Gasteiger partial charge in [0.05, 0.1) is 25.5 Å². The Balaban J connectivity index is 1.38. The molecule has 0 aliphatic heterocycles. The lowest BCUT2D eigenvalue weighted by atomic mass is 10.0. The summed E-state index contributed by atoms with van der Waals surface area (Å²) in [6.07, 6.45) is 3.99. The quantitative estimate of drug-likeness (QED) is 0.106. The lowest BCUT2D eigenvalue weighted by molar-refractivity contribution is 0.0952. The molecular formula is C35H32N2O4. The second-order valence-corrected chi connectivity index (χ2v) is 9.46. The zero-order chi connectivity index (χ0) is 28.6. The lowest BCUT2D eigenvalue weighted by Gasteiger charge is -2.17. The van der Waals surface area contributed by atoms with E-state index in [0.29, 0.717) is 42.4 Å². The van der Waals surface area contributed by atoms with Crippen molar-refractivity contribution in [1.29, 1.82) is 0 Å². The summed E-state index contributed by atoms with van der Waals surface area (Å²) in [6.45, 7) is 6.71. The minimum atomic E-state index is -0.366. The van der Waals surface area contributed by atoms with Crippen LogP contribution in [0.3, 0.4) is 0 Å². The lowest BCUT2D eigenvalue weighted by Crippen LogP contribution is -2.18. The number of rotatable bonds is 11. The zero-order valence-electron chi connectivity index (χ0n) is 23.2. The van der Waals surface area contributed by atoms with Gasteiger partial charge in [-0.3, -0.25) is 4.79 Å². The summed E-state index contributed by atoms with van der Waals surface area (Å²) in [6, 6.07) is 29.8. The van der Waals surface area contributed by atoms with E-state index in [4.69, 9.17) is 14.2 Å². The SMILES string of the molecule is C=CCc1cc(/C=N\NC(=O)c2cc3ccccc3cc2OC)cc(OCC)c1OCc1cccc2ccccc12. The fourth-order valence-electron chi connectivity index (χ4n) is 4.85. The van der Waals surface area contributed by atoms with Crippen molar-refractivity contribution in [3.63, 3.8) is 0 Å². The fourth-order valence-corrected chi connectivity index (χ4v) is 4.85. The van der Waals surface area contributed by atoms with Crippen molar-refractivity contribution in [2.45, 2.75) is 20.0 Å². The average Bonchev–Trinajstić information content (AvgIpc) is 3.00. The van der Waals surface area contributed by atoms with E-state index in [1.165, 1.54) is 5.39 Å². The van der Waals surface area contributed by atoms with E-state index in [2.05, 4.69) is 41.4 Å². The number of carbonyl (C=O) groups excluding carboxylic acids is 1. The van der Waals surface area contributed by atoms with E-state index in [0.717, 1.165) is 32.8 Å². The molecule has 0 heterocycles. The molecule has 0 spiro atoms. The minimum Gasteiger partial charge on any atom is -0.496 e. The van der Waals surface area contributed by atoms with Crippen LogP contribution in [0.25, 0.3) is 21.5 Å². The molecule has 0 radical (unpaired) electrons. The number of ether oxygens (including phenoxy) is 3. The van der Waals surface area contributed by atoms with Crippen LogP contribution in [0, 0.1) is 0 Å². The zero-order valence-corrected chi connectivity index (χ0v) is 23.2. The van der Waals surface area contributed by atoms with Crippen LogP contribution in [0.5, 0.6) is 17.2 Å². The molecule has 0 saturated heterocycles. The first kappa shape index (κ1) is 27.5. The van der Waals surface area contributed by atoms with E-state index in [9.17, 15) is 4.79 Å². The minimum absolute atomic E-state index is 0.366. The highest BCUT2D eigenvalue weighted by atomic mass is 16.5. The summed E-state index contributed by atoms with van der Waals surface area (Å²) in [5.41, 5.74) is 5.79. The largest absolute Gasteiger partial charge is 0.496 e. The molecule has 6 nitrogen and oxygen atoms in total. The number of hydrogen-bond donors (Lipinski definition) is 1. The smallest absolute Gasteiger partial charge is 0.275 e. The molecule has 0 saturated carbocycles. The Kier molecular flexibility index (Phi) is 8.60. The highest BCUT2D eigenvalue weighted by molar-refractivity contribution is 6.02. The van der Waals surface area contributed by atoms with Gasteiger partial charge in [-0.2, -0.15) is 5.10 Å². The molecule has 0 aliphatic rings. The van der Waals surface area contributed by atoms with Crippen molar-refractivity contribution in [1.82, 2.24) is 5.43 Å². The van der Waals surface area contributed by atoms with Crippen LogP contribution in [-0.2, 0) is 13.0 Å². The Morgan fingerprint density at radius 3 is 2.34 bits per heavy atom. The molecule has 5 aromatic rings. The van der Waals surface area contributed by atoms with E-state index < -0.39 is 0 Å². The van der Waals surface area contributed by atoms with E-state index in [-0.39, 0.29) is 5.91 Å². The number of benzene rings is 5. The monoisotopic (exact) mass is 544 g/mol. The summed E-state index contributed by atoms with van der Waals surface area (Å²) in [5.74, 6) is 1.39. The van der Waals surface area contributed by atoms with Crippen LogP contribution in [0.2, 0.25) is 0 Å². The number of fused-ring (bicyclic) bond motifs is 2. The number of methoxy groups -OCH3 is 1. The highest BCUT2D eigenvalue weighted by Gasteiger charge is 2.15. The Bertz CT molecular complexity index is 1740. The maximum absolute atomic E-state index is 13.0. The molecule has 0 aliphatic carbocycles. The fraction of sp³-hybridized carbons (Fsp3) is 0.143. The van der Waals surface area contributed by atoms with Crippen LogP contribution < -0.4 is 19.6 Å². The summed E-state index contributed by atoms with van der Waals surface area (Å²) in [4.78, 5) is 13.0. The van der Waals surface area contributed by atoms with Gasteiger partial charge in [0.1, 0.15) is 12.4 Å². The number of carbonyl (C=O) groups is 1. The van der Waals surface area contributed by atoms with Gasteiger partial charge in [0.25, 0.3) is 5.91 Å². The Morgan fingerprint density at radius 1 is 0.854 bits per heavy atom. The Labute approximate surface area is 239 Å². The van der Waals surface area contributed by atoms with Gasteiger partial charge < -0.3 is 14.2 Å². The molecule has 0 unspecified atom stereocenters. The van der Waals surface area contributed by atoms with E-state index in [1.54, 1.807) is 19.4 Å². The van der Waals surface area contributed by atoms with Crippen molar-refractivity contribution in [3.05, 3.63) is 126 Å². The molecule has 0 fully saturated rings. The second-order valence-electron chi connectivity index (χ2n) is 9.46. The van der Waals surface area contributed by atoms with Gasteiger partial charge in [0.2, 0.25) is 0 Å². The molecule has 0 aromatic heterocycles. The van der Waals surface area contributed by atoms with Crippen molar-refractivity contribution in [2.75, 3.05) is 13.7 Å². The first-order chi connectivity index (χ1) is 20.1. The number of allylic oxidation sites excluding steroid dienone is 1. The van der Waals surface area contributed by atoms with Gasteiger partial charge in [0.15, 0.2) is 11.5 Å². The third-order valence-electron chi connectivity index (χ3n) is 6.76. The number of amides is 1. The number of hydrogen-bond acceptors (Lipinski definition) is 5. The van der Waals surface area contributed by atoms with Crippen molar-refractivity contribution < 1.29 is 19.0 Å². The van der Waals surface area contributed by atoms with Gasteiger partial charge >= 0.3 is 0 Å². The summed E-state index contributed by atoms with van der Waals surface area (Å²) < 4.78 is 17.8. The molecule has 0 atom stereocenters. The molecule has 6 heteroatoms. The first-order valence-electron chi connectivity index (χ1n) is 13.5. The van der Waals surface area contributed by atoms with Crippen molar-refractivity contribution in [3.8, 4) is 17.2 Å². The van der Waals surface area contributed by atoms with Crippen LogP contribution in [0.4, 0.5) is 0 Å². The van der Waals surface area contributed by atoms with Gasteiger partial charge in [0, 0.05) is 5.56 Å². The summed E-state index contributed by atoms with van der Waals surface area (Å²) in [5, 5.41) is 8.48. The Morgan fingerprint density at radius 2 is 1.59 bits per heavy atom. The normalized spacial score (nSPS) is 11.1. The first-order valence-corrected chi connectivity index (χ1v) is 13.5. The third kappa shape index (κ3) is 6.23. The van der Waals surface area contributed by atoms with Crippen LogP contribution in [-0.4, -0.2) is 25.8 Å².